The molecule has 1 aromatic heterocycles. The van der Waals surface area contributed by atoms with Crippen molar-refractivity contribution in [1.82, 2.24) is 4.90 Å². The van der Waals surface area contributed by atoms with Gasteiger partial charge in [0, 0.05) is 17.0 Å². The molecule has 0 spiro atoms. The van der Waals surface area contributed by atoms with Gasteiger partial charge in [0.2, 0.25) is 0 Å². The topological polar surface area (TPSA) is 49.5 Å². The van der Waals surface area contributed by atoms with Crippen molar-refractivity contribution in [1.29, 1.82) is 0 Å². The molecule has 4 atom stereocenters. The molecule has 0 radical (unpaired) electrons. The lowest BCUT2D eigenvalue weighted by molar-refractivity contribution is 0.0909. The second-order valence-corrected chi connectivity index (χ2v) is 7.91. The van der Waals surface area contributed by atoms with Crippen molar-refractivity contribution in [2.24, 2.45) is 11.7 Å². The predicted octanol–water partition coefficient (Wildman–Crippen LogP) is 2.99. The van der Waals surface area contributed by atoms with E-state index in [1.807, 2.05) is 0 Å². The average molecular weight is 347 g/mol. The Hall–Kier alpha value is 0.0600. The first kappa shape index (κ1) is 15.4. The summed E-state index contributed by atoms with van der Waals surface area (Å²) in [5, 5.41) is 9.67. The highest BCUT2D eigenvalue weighted by molar-refractivity contribution is 9.11. The van der Waals surface area contributed by atoms with E-state index >= 15 is 0 Å². The summed E-state index contributed by atoms with van der Waals surface area (Å²) in [6.45, 7) is 5.61. The molecule has 19 heavy (non-hydrogen) atoms. The van der Waals surface area contributed by atoms with E-state index in [1.54, 1.807) is 11.3 Å². The van der Waals surface area contributed by atoms with Gasteiger partial charge < -0.3 is 10.8 Å². The Morgan fingerprint density at radius 2 is 2.32 bits per heavy atom. The van der Waals surface area contributed by atoms with E-state index in [0.717, 1.165) is 23.2 Å². The number of halogens is 1. The molecular weight excluding hydrogens is 324 g/mol. The van der Waals surface area contributed by atoms with E-state index in [9.17, 15) is 5.11 Å². The first-order valence-corrected chi connectivity index (χ1v) is 8.56. The van der Waals surface area contributed by atoms with Crippen LogP contribution in [0.2, 0.25) is 0 Å². The molecule has 3 nitrogen and oxygen atoms in total. The van der Waals surface area contributed by atoms with Gasteiger partial charge in [-0.15, -0.1) is 11.3 Å². The highest BCUT2D eigenvalue weighted by Crippen LogP contribution is 2.38. The van der Waals surface area contributed by atoms with Gasteiger partial charge in [-0.05, 0) is 53.4 Å². The fourth-order valence-corrected chi connectivity index (χ4v) is 4.62. The van der Waals surface area contributed by atoms with Gasteiger partial charge in [0.1, 0.15) is 0 Å². The number of hydrogen-bond donors (Lipinski definition) is 2. The molecule has 1 saturated heterocycles. The number of rotatable bonds is 5. The summed E-state index contributed by atoms with van der Waals surface area (Å²) >= 11 is 5.29. The van der Waals surface area contributed by atoms with Crippen LogP contribution >= 0.6 is 27.3 Å². The lowest BCUT2D eigenvalue weighted by Crippen LogP contribution is -2.45. The quantitative estimate of drug-likeness (QED) is 0.861. The van der Waals surface area contributed by atoms with Crippen molar-refractivity contribution in [3.8, 4) is 0 Å². The maximum absolute atomic E-state index is 9.67. The van der Waals surface area contributed by atoms with Crippen LogP contribution in [-0.4, -0.2) is 35.2 Å². The minimum atomic E-state index is 0.116. The molecule has 1 aliphatic rings. The zero-order chi connectivity index (χ0) is 14.0. The smallest absolute Gasteiger partial charge is 0.0702 e. The van der Waals surface area contributed by atoms with Crippen molar-refractivity contribution in [2.75, 3.05) is 13.2 Å². The summed E-state index contributed by atoms with van der Waals surface area (Å²) in [5.41, 5.74) is 6.37. The molecule has 0 amide bonds. The summed E-state index contributed by atoms with van der Waals surface area (Å²) in [4.78, 5) is 3.71. The van der Waals surface area contributed by atoms with E-state index in [0.29, 0.717) is 5.92 Å². The lowest BCUT2D eigenvalue weighted by atomic mass is 9.99. The minimum Gasteiger partial charge on any atom is -0.395 e. The molecule has 3 N–H and O–H groups in total. The number of aliphatic hydroxyl groups excluding tert-OH is 1. The van der Waals surface area contributed by atoms with Gasteiger partial charge in [-0.1, -0.05) is 13.8 Å². The fourth-order valence-electron chi connectivity index (χ4n) is 3.00. The number of hydrogen-bond acceptors (Lipinski definition) is 4. The van der Waals surface area contributed by atoms with Crippen molar-refractivity contribution in [3.05, 3.63) is 20.8 Å². The summed E-state index contributed by atoms with van der Waals surface area (Å²) in [7, 11) is 0. The molecule has 0 saturated carbocycles. The van der Waals surface area contributed by atoms with Crippen LogP contribution in [0.3, 0.4) is 0 Å². The molecule has 0 aromatic carbocycles. The van der Waals surface area contributed by atoms with Crippen LogP contribution in [-0.2, 0) is 0 Å². The van der Waals surface area contributed by atoms with Gasteiger partial charge >= 0.3 is 0 Å². The summed E-state index contributed by atoms with van der Waals surface area (Å²) in [6.07, 6.45) is 2.09. The second-order valence-electron chi connectivity index (χ2n) is 5.41. The van der Waals surface area contributed by atoms with Crippen LogP contribution in [0.25, 0.3) is 0 Å². The third-order valence-electron chi connectivity index (χ3n) is 4.23. The molecule has 5 heteroatoms. The van der Waals surface area contributed by atoms with Gasteiger partial charge in [-0.2, -0.15) is 0 Å². The largest absolute Gasteiger partial charge is 0.395 e. The summed E-state index contributed by atoms with van der Waals surface area (Å²) < 4.78 is 1.14. The Kier molecular flexibility index (Phi) is 5.43. The van der Waals surface area contributed by atoms with Crippen LogP contribution in [0, 0.1) is 5.92 Å². The number of aliphatic hydroxyl groups is 1. The van der Waals surface area contributed by atoms with Crippen LogP contribution in [0.5, 0.6) is 0 Å². The Balaban J connectivity index is 2.28. The van der Waals surface area contributed by atoms with Crippen molar-refractivity contribution in [2.45, 2.75) is 44.8 Å². The highest BCUT2D eigenvalue weighted by Gasteiger charge is 2.38. The van der Waals surface area contributed by atoms with E-state index in [1.165, 1.54) is 4.88 Å². The van der Waals surface area contributed by atoms with Crippen molar-refractivity contribution >= 4 is 27.3 Å². The van der Waals surface area contributed by atoms with Crippen molar-refractivity contribution in [3.63, 3.8) is 0 Å². The van der Waals surface area contributed by atoms with Gasteiger partial charge in [-0.25, -0.2) is 0 Å². The third kappa shape index (κ3) is 3.22. The molecule has 2 heterocycles. The lowest BCUT2D eigenvalue weighted by Gasteiger charge is -2.36. The standard InChI is InChI=1S/C14H23BrN2OS/c1-3-10(16)14(12-4-5-13(15)19-12)17-7-6-9(2)11(17)8-18/h4-5,9-11,14,18H,3,6-8,16H2,1-2H3. The van der Waals surface area contributed by atoms with Gasteiger partial charge in [0.25, 0.3) is 0 Å². The zero-order valence-corrected chi connectivity index (χ0v) is 14.0. The Morgan fingerprint density at radius 3 is 2.84 bits per heavy atom. The molecule has 1 aliphatic heterocycles. The Morgan fingerprint density at radius 1 is 1.58 bits per heavy atom. The normalized spacial score (nSPS) is 27.6. The molecule has 2 rings (SSSR count). The Labute approximate surface area is 127 Å². The van der Waals surface area contributed by atoms with E-state index in [-0.39, 0.29) is 24.7 Å². The van der Waals surface area contributed by atoms with E-state index < -0.39 is 0 Å². The summed E-state index contributed by atoms with van der Waals surface area (Å²) in [6, 6.07) is 4.83. The first-order valence-electron chi connectivity index (χ1n) is 6.95. The minimum absolute atomic E-state index is 0.116. The van der Waals surface area contributed by atoms with E-state index in [4.69, 9.17) is 5.73 Å². The fraction of sp³-hybridized carbons (Fsp3) is 0.714. The van der Waals surface area contributed by atoms with E-state index in [2.05, 4.69) is 46.8 Å². The highest BCUT2D eigenvalue weighted by atomic mass is 79.9. The van der Waals surface area contributed by atoms with Crippen LogP contribution in [0.4, 0.5) is 0 Å². The zero-order valence-electron chi connectivity index (χ0n) is 11.6. The molecule has 1 aromatic rings. The van der Waals surface area contributed by atoms with Crippen LogP contribution < -0.4 is 5.73 Å². The van der Waals surface area contributed by atoms with Gasteiger partial charge in [0.05, 0.1) is 16.4 Å². The number of thiophene rings is 1. The summed E-state index contributed by atoms with van der Waals surface area (Å²) in [5.74, 6) is 0.542. The van der Waals surface area contributed by atoms with Crippen LogP contribution in [0.1, 0.15) is 37.6 Å². The maximum Gasteiger partial charge on any atom is 0.0702 e. The maximum atomic E-state index is 9.67. The van der Waals surface area contributed by atoms with Crippen LogP contribution in [0.15, 0.2) is 15.9 Å². The third-order valence-corrected chi connectivity index (χ3v) is 5.93. The monoisotopic (exact) mass is 346 g/mol. The molecule has 0 aliphatic carbocycles. The average Bonchev–Trinajstić information content (AvgIpc) is 2.97. The number of nitrogens with zero attached hydrogens (tertiary/aromatic N) is 1. The number of nitrogens with two attached hydrogens (primary N) is 1. The molecule has 1 fully saturated rings. The SMILES string of the molecule is CCC(N)C(c1ccc(Br)s1)N1CCC(C)C1CO. The first-order chi connectivity index (χ1) is 9.08. The molecule has 4 unspecified atom stereocenters. The molecule has 108 valence electrons. The predicted molar refractivity (Wildman–Crippen MR) is 84.4 cm³/mol. The van der Waals surface area contributed by atoms with Crippen molar-refractivity contribution < 1.29 is 5.11 Å². The molecular formula is C14H23BrN2OS. The number of likely N-dealkylation sites (tertiary alicyclic amines) is 1. The second kappa shape index (κ2) is 6.68. The molecule has 0 bridgehead atoms. The Bertz CT molecular complexity index is 412. The van der Waals surface area contributed by atoms with Gasteiger partial charge in [-0.3, -0.25) is 4.90 Å². The van der Waals surface area contributed by atoms with Gasteiger partial charge in [0.15, 0.2) is 0 Å².